The van der Waals surface area contributed by atoms with Gasteiger partial charge in [0.15, 0.2) is 0 Å². The molecule has 0 fully saturated rings. The van der Waals surface area contributed by atoms with Crippen molar-refractivity contribution in [3.63, 3.8) is 0 Å². The third-order valence-electron chi connectivity index (χ3n) is 1.03. The fourth-order valence-electron chi connectivity index (χ4n) is 0.645. The highest BCUT2D eigenvalue weighted by Gasteiger charge is 1.89. The first kappa shape index (κ1) is 7.32. The van der Waals surface area contributed by atoms with E-state index in [-0.39, 0.29) is 0 Å². The van der Waals surface area contributed by atoms with Crippen LogP contribution in [0.2, 0.25) is 0 Å². The predicted molar refractivity (Wildman–Crippen MR) is 41.3 cm³/mol. The first-order chi connectivity index (χ1) is 4.79. The summed E-state index contributed by atoms with van der Waals surface area (Å²) < 4.78 is 10.2. The molecule has 0 aliphatic carbocycles. The fraction of sp³-hybridized carbons (Fsp3) is 0. The summed E-state index contributed by atoms with van der Waals surface area (Å²) >= 11 is 0. The predicted octanol–water partition coefficient (Wildman–Crippen LogP) is 1.48. The van der Waals surface area contributed by atoms with Crippen LogP contribution in [0.5, 0.6) is 0 Å². The van der Waals surface area contributed by atoms with E-state index in [0.29, 0.717) is 5.69 Å². The maximum Gasteiger partial charge on any atom is 0.279 e. The van der Waals surface area contributed by atoms with E-state index in [1.807, 2.05) is 6.07 Å². The van der Waals surface area contributed by atoms with Gasteiger partial charge in [-0.05, 0) is 12.1 Å². The molecule has 2 N–H and O–H groups in total. The van der Waals surface area contributed by atoms with Gasteiger partial charge in [-0.15, -0.1) is 0 Å². The summed E-state index contributed by atoms with van der Waals surface area (Å²) in [7, 11) is -2.59. The van der Waals surface area contributed by atoms with Gasteiger partial charge in [-0.2, -0.15) is 0 Å². The molecule has 1 rings (SSSR count). The molecule has 0 bridgehead atoms. The summed E-state index contributed by atoms with van der Waals surface area (Å²) in [5, 5.41) is 2.41. The summed E-state index contributed by atoms with van der Waals surface area (Å²) in [4.78, 5) is 8.44. The van der Waals surface area contributed by atoms with Crippen LogP contribution >= 0.6 is 8.18 Å². The maximum absolute atomic E-state index is 10.2. The summed E-state index contributed by atoms with van der Waals surface area (Å²) in [6.07, 6.45) is 0. The lowest BCUT2D eigenvalue weighted by molar-refractivity contribution is 0.508. The molecule has 0 aliphatic rings. The van der Waals surface area contributed by atoms with Crippen molar-refractivity contribution in [2.45, 2.75) is 0 Å². The molecule has 0 saturated carbocycles. The van der Waals surface area contributed by atoms with Crippen molar-refractivity contribution >= 4 is 13.9 Å². The molecule has 0 radical (unpaired) electrons. The van der Waals surface area contributed by atoms with Gasteiger partial charge >= 0.3 is 0 Å². The minimum Gasteiger partial charge on any atom is -0.331 e. The molecule has 0 saturated heterocycles. The first-order valence-corrected chi connectivity index (χ1v) is 4.19. The quantitative estimate of drug-likeness (QED) is 0.639. The monoisotopic (exact) mass is 157 g/mol. The fourth-order valence-corrected chi connectivity index (χ4v) is 1.06. The maximum atomic E-state index is 10.2. The topological polar surface area (TPSA) is 49.3 Å². The zero-order chi connectivity index (χ0) is 7.40. The average molecular weight is 157 g/mol. The molecular weight excluding hydrogens is 149 g/mol. The minimum absolute atomic E-state index is 0.675. The average Bonchev–Trinajstić information content (AvgIpc) is 1.88. The van der Waals surface area contributed by atoms with Crippen molar-refractivity contribution in [1.29, 1.82) is 0 Å². The molecule has 0 aromatic heterocycles. The van der Waals surface area contributed by atoms with Crippen LogP contribution in [0.15, 0.2) is 30.3 Å². The van der Waals surface area contributed by atoms with E-state index in [1.54, 1.807) is 24.3 Å². The number of nitrogens with one attached hydrogen (secondary N) is 1. The number of anilines is 1. The Morgan fingerprint density at radius 3 is 2.40 bits per heavy atom. The van der Waals surface area contributed by atoms with Crippen molar-refractivity contribution < 1.29 is 9.46 Å². The van der Waals surface area contributed by atoms with Gasteiger partial charge in [0, 0.05) is 5.69 Å². The first-order valence-electron chi connectivity index (χ1n) is 2.84. The van der Waals surface area contributed by atoms with Gasteiger partial charge in [0.1, 0.15) is 0 Å². The van der Waals surface area contributed by atoms with Crippen LogP contribution in [0.1, 0.15) is 0 Å². The lowest BCUT2D eigenvalue weighted by Gasteiger charge is -1.98. The van der Waals surface area contributed by atoms with Gasteiger partial charge in [-0.1, -0.05) is 18.2 Å². The third kappa shape index (κ3) is 2.21. The molecule has 1 atom stereocenters. The van der Waals surface area contributed by atoms with Crippen LogP contribution in [0.25, 0.3) is 0 Å². The molecule has 0 heterocycles. The smallest absolute Gasteiger partial charge is 0.279 e. The Morgan fingerprint density at radius 2 is 1.90 bits per heavy atom. The molecule has 1 unspecified atom stereocenters. The van der Waals surface area contributed by atoms with Crippen molar-refractivity contribution in [2.75, 3.05) is 5.09 Å². The number of benzene rings is 1. The number of hydrogen-bond acceptors (Lipinski definition) is 1. The largest absolute Gasteiger partial charge is 0.331 e. The van der Waals surface area contributed by atoms with Crippen molar-refractivity contribution in [1.82, 2.24) is 0 Å². The van der Waals surface area contributed by atoms with Gasteiger partial charge in [-0.3, -0.25) is 4.57 Å². The molecule has 1 aromatic rings. The summed E-state index contributed by atoms with van der Waals surface area (Å²) in [6, 6.07) is 8.91. The van der Waals surface area contributed by atoms with E-state index >= 15 is 0 Å². The molecule has 0 aliphatic heterocycles. The second-order valence-electron chi connectivity index (χ2n) is 1.80. The normalized spacial score (nSPS) is 12.5. The molecular formula is C6H8NO2P. The van der Waals surface area contributed by atoms with Crippen LogP contribution in [0.4, 0.5) is 5.69 Å². The molecule has 0 amide bonds. The molecule has 3 nitrogen and oxygen atoms in total. The Labute approximate surface area is 59.6 Å². The van der Waals surface area contributed by atoms with Crippen LogP contribution < -0.4 is 5.09 Å². The van der Waals surface area contributed by atoms with E-state index in [9.17, 15) is 4.57 Å². The molecule has 0 spiro atoms. The number of rotatable bonds is 2. The SMILES string of the molecule is O=[PH](O)Nc1ccccc1. The van der Waals surface area contributed by atoms with E-state index in [0.717, 1.165) is 0 Å². The van der Waals surface area contributed by atoms with Crippen molar-refractivity contribution in [2.24, 2.45) is 0 Å². The van der Waals surface area contributed by atoms with E-state index < -0.39 is 8.18 Å². The minimum atomic E-state index is -2.59. The van der Waals surface area contributed by atoms with Gasteiger partial charge in [-0.25, -0.2) is 0 Å². The van der Waals surface area contributed by atoms with Crippen LogP contribution in [0, 0.1) is 0 Å². The molecule has 4 heteroatoms. The Kier molecular flexibility index (Phi) is 2.49. The Morgan fingerprint density at radius 1 is 1.30 bits per heavy atom. The van der Waals surface area contributed by atoms with E-state index in [2.05, 4.69) is 5.09 Å². The summed E-state index contributed by atoms with van der Waals surface area (Å²) in [6.45, 7) is 0. The lowest BCUT2D eigenvalue weighted by Crippen LogP contribution is -1.82. The van der Waals surface area contributed by atoms with Gasteiger partial charge in [0.2, 0.25) is 0 Å². The molecule has 54 valence electrons. The Hall–Kier alpha value is -0.790. The highest BCUT2D eigenvalue weighted by atomic mass is 31.1. The zero-order valence-corrected chi connectivity index (χ0v) is 6.24. The second-order valence-corrected chi connectivity index (χ2v) is 2.66. The van der Waals surface area contributed by atoms with Crippen LogP contribution in [-0.2, 0) is 4.57 Å². The van der Waals surface area contributed by atoms with Crippen LogP contribution in [-0.4, -0.2) is 4.89 Å². The molecule has 10 heavy (non-hydrogen) atoms. The van der Waals surface area contributed by atoms with Gasteiger partial charge < -0.3 is 9.98 Å². The number of hydrogen-bond donors (Lipinski definition) is 2. The Bertz CT molecular complexity index is 224. The van der Waals surface area contributed by atoms with E-state index in [4.69, 9.17) is 4.89 Å². The highest BCUT2D eigenvalue weighted by Crippen LogP contribution is 2.17. The summed E-state index contributed by atoms with van der Waals surface area (Å²) in [5.74, 6) is 0. The van der Waals surface area contributed by atoms with Crippen molar-refractivity contribution in [3.8, 4) is 0 Å². The van der Waals surface area contributed by atoms with Crippen molar-refractivity contribution in [3.05, 3.63) is 30.3 Å². The standard InChI is InChI=1S/C6H8NO2P/c8-10(9)7-6-4-2-1-3-5-6/h1-5,10H,(H2,7,8,9). The second kappa shape index (κ2) is 3.40. The summed E-state index contributed by atoms with van der Waals surface area (Å²) in [5.41, 5.74) is 0.675. The van der Waals surface area contributed by atoms with Crippen LogP contribution in [0.3, 0.4) is 0 Å². The van der Waals surface area contributed by atoms with Gasteiger partial charge in [0.05, 0.1) is 0 Å². The highest BCUT2D eigenvalue weighted by molar-refractivity contribution is 7.39. The van der Waals surface area contributed by atoms with E-state index in [1.165, 1.54) is 0 Å². The molecule has 1 aromatic carbocycles. The zero-order valence-electron chi connectivity index (χ0n) is 5.24. The third-order valence-corrected chi connectivity index (χ3v) is 1.53. The number of para-hydroxylation sites is 1. The Balaban J connectivity index is 2.67. The van der Waals surface area contributed by atoms with Gasteiger partial charge in [0.25, 0.3) is 8.18 Å². The lowest BCUT2D eigenvalue weighted by atomic mass is 10.3.